The van der Waals surface area contributed by atoms with Gasteiger partial charge in [0.15, 0.2) is 0 Å². The van der Waals surface area contributed by atoms with Crippen LogP contribution in [0.15, 0.2) is 40.9 Å². The molecule has 1 nitrogen and oxygen atoms in total. The lowest BCUT2D eigenvalue weighted by molar-refractivity contribution is 0.565. The van der Waals surface area contributed by atoms with Crippen LogP contribution in [0.3, 0.4) is 0 Å². The van der Waals surface area contributed by atoms with Crippen molar-refractivity contribution in [2.45, 2.75) is 13.0 Å². The molecule has 0 bridgehead atoms. The van der Waals surface area contributed by atoms with Crippen LogP contribution in [0.2, 0.25) is 0 Å². The summed E-state index contributed by atoms with van der Waals surface area (Å²) >= 11 is 3.22. The van der Waals surface area contributed by atoms with Crippen molar-refractivity contribution in [2.24, 2.45) is 0 Å². The van der Waals surface area contributed by atoms with Crippen molar-refractivity contribution in [3.63, 3.8) is 0 Å². The predicted octanol–water partition coefficient (Wildman–Crippen LogP) is 5.04. The van der Waals surface area contributed by atoms with Crippen LogP contribution in [0.5, 0.6) is 0 Å². The van der Waals surface area contributed by atoms with E-state index in [1.807, 2.05) is 0 Å². The van der Waals surface area contributed by atoms with Crippen LogP contribution in [0.1, 0.15) is 18.5 Å². The first kappa shape index (κ1) is 13.9. The third-order valence-electron chi connectivity index (χ3n) is 2.75. The van der Waals surface area contributed by atoms with Gasteiger partial charge in [0.05, 0.1) is 11.7 Å². The SMILES string of the molecule is CC(Nc1c(F)cccc1Br)c1ccc(F)cc1F. The second-order valence-corrected chi connectivity index (χ2v) is 4.98. The molecule has 0 saturated carbocycles. The van der Waals surface area contributed by atoms with E-state index >= 15 is 0 Å². The van der Waals surface area contributed by atoms with Crippen molar-refractivity contribution in [3.8, 4) is 0 Å². The summed E-state index contributed by atoms with van der Waals surface area (Å²) in [6, 6.07) is 7.38. The second kappa shape index (κ2) is 5.65. The third-order valence-corrected chi connectivity index (χ3v) is 3.41. The molecule has 0 aromatic heterocycles. The van der Waals surface area contributed by atoms with E-state index in [9.17, 15) is 13.2 Å². The number of nitrogens with one attached hydrogen (secondary N) is 1. The van der Waals surface area contributed by atoms with Gasteiger partial charge in [-0.15, -0.1) is 0 Å². The van der Waals surface area contributed by atoms with Crippen LogP contribution in [0.4, 0.5) is 18.9 Å². The molecule has 0 saturated heterocycles. The highest BCUT2D eigenvalue weighted by atomic mass is 79.9. The van der Waals surface area contributed by atoms with Gasteiger partial charge < -0.3 is 5.32 Å². The molecule has 100 valence electrons. The molecule has 5 heteroatoms. The summed E-state index contributed by atoms with van der Waals surface area (Å²) in [5.74, 6) is -1.74. The summed E-state index contributed by atoms with van der Waals surface area (Å²) in [5, 5.41) is 2.87. The van der Waals surface area contributed by atoms with Gasteiger partial charge >= 0.3 is 0 Å². The van der Waals surface area contributed by atoms with Gasteiger partial charge in [0.25, 0.3) is 0 Å². The van der Waals surface area contributed by atoms with Crippen molar-refractivity contribution in [1.29, 1.82) is 0 Å². The summed E-state index contributed by atoms with van der Waals surface area (Å²) < 4.78 is 40.6. The summed E-state index contributed by atoms with van der Waals surface area (Å²) in [5.41, 5.74) is 0.523. The van der Waals surface area contributed by atoms with Crippen LogP contribution in [0, 0.1) is 17.5 Å². The summed E-state index contributed by atoms with van der Waals surface area (Å²) in [6.45, 7) is 1.68. The topological polar surface area (TPSA) is 12.0 Å². The van der Waals surface area contributed by atoms with Crippen molar-refractivity contribution in [3.05, 3.63) is 63.9 Å². The minimum atomic E-state index is -0.660. The van der Waals surface area contributed by atoms with E-state index < -0.39 is 23.5 Å². The molecule has 1 atom stereocenters. The van der Waals surface area contributed by atoms with Gasteiger partial charge in [-0.2, -0.15) is 0 Å². The molecular weight excluding hydrogens is 319 g/mol. The third kappa shape index (κ3) is 3.10. The van der Waals surface area contributed by atoms with E-state index in [4.69, 9.17) is 0 Å². The highest BCUT2D eigenvalue weighted by Crippen LogP contribution is 2.29. The molecular formula is C14H11BrF3N. The largest absolute Gasteiger partial charge is 0.375 e. The maximum atomic E-state index is 13.6. The van der Waals surface area contributed by atoms with Gasteiger partial charge in [-0.3, -0.25) is 0 Å². The summed E-state index contributed by atoms with van der Waals surface area (Å²) in [7, 11) is 0. The first-order valence-corrected chi connectivity index (χ1v) is 6.44. The van der Waals surface area contributed by atoms with Crippen LogP contribution in [-0.2, 0) is 0 Å². The Morgan fingerprint density at radius 1 is 1.05 bits per heavy atom. The number of hydrogen-bond acceptors (Lipinski definition) is 1. The number of para-hydroxylation sites is 1. The molecule has 0 aliphatic rings. The lowest BCUT2D eigenvalue weighted by atomic mass is 10.1. The van der Waals surface area contributed by atoms with Crippen molar-refractivity contribution in [1.82, 2.24) is 0 Å². The number of rotatable bonds is 3. The zero-order valence-corrected chi connectivity index (χ0v) is 11.6. The number of anilines is 1. The Bertz CT molecular complexity index is 581. The Labute approximate surface area is 117 Å². The van der Waals surface area contributed by atoms with Crippen molar-refractivity contribution < 1.29 is 13.2 Å². The van der Waals surface area contributed by atoms with Crippen LogP contribution >= 0.6 is 15.9 Å². The quantitative estimate of drug-likeness (QED) is 0.831. The van der Waals surface area contributed by atoms with Crippen molar-refractivity contribution in [2.75, 3.05) is 5.32 Å². The average molecular weight is 330 g/mol. The molecule has 2 aromatic carbocycles. The highest BCUT2D eigenvalue weighted by molar-refractivity contribution is 9.10. The molecule has 0 spiro atoms. The Kier molecular flexibility index (Phi) is 4.14. The fraction of sp³-hybridized carbons (Fsp3) is 0.143. The summed E-state index contributed by atoms with van der Waals surface area (Å²) in [4.78, 5) is 0. The van der Waals surface area contributed by atoms with Gasteiger partial charge in [-0.25, -0.2) is 13.2 Å². The lowest BCUT2D eigenvalue weighted by Crippen LogP contribution is -2.10. The molecule has 1 unspecified atom stereocenters. The van der Waals surface area contributed by atoms with Crippen LogP contribution < -0.4 is 5.32 Å². The van der Waals surface area contributed by atoms with E-state index in [1.165, 1.54) is 18.2 Å². The molecule has 2 aromatic rings. The number of hydrogen-bond donors (Lipinski definition) is 1. The molecule has 0 aliphatic carbocycles. The highest BCUT2D eigenvalue weighted by Gasteiger charge is 2.14. The van der Waals surface area contributed by atoms with Gasteiger partial charge in [-0.1, -0.05) is 12.1 Å². The smallest absolute Gasteiger partial charge is 0.147 e. The van der Waals surface area contributed by atoms with E-state index in [0.29, 0.717) is 4.47 Å². The molecule has 0 fully saturated rings. The Morgan fingerprint density at radius 2 is 1.79 bits per heavy atom. The zero-order valence-electron chi connectivity index (χ0n) is 10.1. The fourth-order valence-electron chi connectivity index (χ4n) is 1.78. The molecule has 0 amide bonds. The number of benzene rings is 2. The molecule has 2 rings (SSSR count). The van der Waals surface area contributed by atoms with E-state index in [1.54, 1.807) is 19.1 Å². The standard InChI is InChI=1S/C14H11BrF3N/c1-8(10-6-5-9(16)7-13(10)18)19-14-11(15)3-2-4-12(14)17/h2-8,19H,1H3. The van der Waals surface area contributed by atoms with E-state index in [2.05, 4.69) is 21.2 Å². The Hall–Kier alpha value is -1.49. The van der Waals surface area contributed by atoms with Gasteiger partial charge in [0.2, 0.25) is 0 Å². The number of halogens is 4. The molecule has 0 radical (unpaired) electrons. The molecule has 19 heavy (non-hydrogen) atoms. The first-order valence-electron chi connectivity index (χ1n) is 5.64. The first-order chi connectivity index (χ1) is 8.99. The van der Waals surface area contributed by atoms with Crippen LogP contribution in [0.25, 0.3) is 0 Å². The lowest BCUT2D eigenvalue weighted by Gasteiger charge is -2.18. The van der Waals surface area contributed by atoms with Crippen LogP contribution in [-0.4, -0.2) is 0 Å². The minimum Gasteiger partial charge on any atom is -0.375 e. The second-order valence-electron chi connectivity index (χ2n) is 4.13. The minimum absolute atomic E-state index is 0.249. The predicted molar refractivity (Wildman–Crippen MR) is 72.5 cm³/mol. The molecule has 1 N–H and O–H groups in total. The molecule has 0 aliphatic heterocycles. The zero-order chi connectivity index (χ0) is 14.0. The van der Waals surface area contributed by atoms with Gasteiger partial charge in [0.1, 0.15) is 17.5 Å². The van der Waals surface area contributed by atoms with Gasteiger partial charge in [0, 0.05) is 16.1 Å². The maximum Gasteiger partial charge on any atom is 0.147 e. The Balaban J connectivity index is 2.28. The monoisotopic (exact) mass is 329 g/mol. The Morgan fingerprint density at radius 3 is 2.42 bits per heavy atom. The van der Waals surface area contributed by atoms with E-state index in [0.717, 1.165) is 6.07 Å². The fourth-order valence-corrected chi connectivity index (χ4v) is 2.24. The summed E-state index contributed by atoms with van der Waals surface area (Å²) in [6.07, 6.45) is 0. The van der Waals surface area contributed by atoms with E-state index in [-0.39, 0.29) is 11.3 Å². The van der Waals surface area contributed by atoms with Gasteiger partial charge in [-0.05, 0) is 41.1 Å². The molecule has 0 heterocycles. The maximum absolute atomic E-state index is 13.6. The average Bonchev–Trinajstić information content (AvgIpc) is 2.33. The van der Waals surface area contributed by atoms with Crippen molar-refractivity contribution >= 4 is 21.6 Å². The normalized spacial score (nSPS) is 12.3.